The van der Waals surface area contributed by atoms with Crippen LogP contribution in [0.25, 0.3) is 32.6 Å². The van der Waals surface area contributed by atoms with Crippen molar-refractivity contribution >= 4 is 50.0 Å². The molecular formula is C49H56N2O6. The van der Waals surface area contributed by atoms with Gasteiger partial charge in [0.1, 0.15) is 23.8 Å². The van der Waals surface area contributed by atoms with Crippen LogP contribution >= 0.6 is 0 Å². The molecule has 0 aliphatic rings. The molecule has 1 heterocycles. The van der Waals surface area contributed by atoms with Gasteiger partial charge in [0.2, 0.25) is 0 Å². The van der Waals surface area contributed by atoms with Crippen LogP contribution in [0.2, 0.25) is 0 Å². The summed E-state index contributed by atoms with van der Waals surface area (Å²) >= 11 is 0. The summed E-state index contributed by atoms with van der Waals surface area (Å²) in [4.78, 5) is 32.4. The Morgan fingerprint density at radius 2 is 1.51 bits per heavy atom. The van der Waals surface area contributed by atoms with Crippen LogP contribution in [0.15, 0.2) is 84.0 Å². The number of methoxy groups -OCH3 is 1. The molecule has 57 heavy (non-hydrogen) atoms. The minimum absolute atomic E-state index is 0.0113. The standard InChI is InChI=1S/C49H56N2O6/c1-9-12-15-35(11-3)30-51-44-21-18-36(47(50-57-34(7)52)40-20-19-37(55-24-23-54-8)28-45(40)56-22-10-2)27-41(44)42-29-43(38-16-13-14-17-39(38)48(42)51)49(53)46-32(5)25-31(4)26-33(46)6/h13-14,16-21,25-29,35H,9-12,15,22-24,30H2,1-8H3/b50-47+. The fraction of sp³-hybridized carbons (Fsp3) is 0.367. The molecule has 0 fully saturated rings. The number of ether oxygens (including phenoxy) is 3. The number of hydrogen-bond acceptors (Lipinski definition) is 7. The number of oxime groups is 1. The van der Waals surface area contributed by atoms with Gasteiger partial charge in [-0.3, -0.25) is 4.79 Å². The highest BCUT2D eigenvalue weighted by Gasteiger charge is 2.25. The van der Waals surface area contributed by atoms with Gasteiger partial charge >= 0.3 is 5.97 Å². The second-order valence-electron chi connectivity index (χ2n) is 15.1. The Morgan fingerprint density at radius 3 is 2.19 bits per heavy atom. The molecule has 8 heteroatoms. The van der Waals surface area contributed by atoms with Gasteiger partial charge in [0.15, 0.2) is 5.78 Å². The number of ketones is 1. The highest BCUT2D eigenvalue weighted by Crippen LogP contribution is 2.40. The van der Waals surface area contributed by atoms with Crippen LogP contribution in [0.3, 0.4) is 0 Å². The van der Waals surface area contributed by atoms with Gasteiger partial charge < -0.3 is 23.6 Å². The van der Waals surface area contributed by atoms with Crippen molar-refractivity contribution in [2.24, 2.45) is 11.1 Å². The van der Waals surface area contributed by atoms with Crippen LogP contribution in [0, 0.1) is 26.7 Å². The van der Waals surface area contributed by atoms with E-state index in [2.05, 4.69) is 79.0 Å². The maximum absolute atomic E-state index is 14.8. The van der Waals surface area contributed by atoms with Crippen molar-refractivity contribution in [2.75, 3.05) is 26.9 Å². The maximum atomic E-state index is 14.8. The quantitative estimate of drug-likeness (QED) is 0.0284. The van der Waals surface area contributed by atoms with Gasteiger partial charge in [-0.1, -0.05) is 93.2 Å². The van der Waals surface area contributed by atoms with Gasteiger partial charge in [0.25, 0.3) is 0 Å². The zero-order chi connectivity index (χ0) is 40.6. The minimum atomic E-state index is -0.533. The third-order valence-corrected chi connectivity index (χ3v) is 10.8. The zero-order valence-electron chi connectivity index (χ0n) is 34.8. The fourth-order valence-corrected chi connectivity index (χ4v) is 8.07. The second-order valence-corrected chi connectivity index (χ2v) is 15.1. The number of unbranched alkanes of at least 4 members (excludes halogenated alkanes) is 1. The van der Waals surface area contributed by atoms with Crippen LogP contribution in [0.4, 0.5) is 0 Å². The summed E-state index contributed by atoms with van der Waals surface area (Å²) in [5.74, 6) is 1.14. The zero-order valence-corrected chi connectivity index (χ0v) is 34.8. The molecule has 298 valence electrons. The van der Waals surface area contributed by atoms with E-state index in [1.54, 1.807) is 7.11 Å². The molecule has 0 aliphatic carbocycles. The molecule has 0 aliphatic heterocycles. The minimum Gasteiger partial charge on any atom is -0.493 e. The van der Waals surface area contributed by atoms with E-state index in [0.29, 0.717) is 54.1 Å². The molecule has 1 unspecified atom stereocenters. The lowest BCUT2D eigenvalue weighted by Gasteiger charge is -2.19. The first-order chi connectivity index (χ1) is 27.6. The Hall–Kier alpha value is -5.47. The lowest BCUT2D eigenvalue weighted by atomic mass is 9.89. The largest absolute Gasteiger partial charge is 0.493 e. The number of nitrogens with zero attached hydrogens (tertiary/aromatic N) is 2. The molecule has 6 aromatic rings. The van der Waals surface area contributed by atoms with E-state index in [1.807, 2.05) is 51.1 Å². The molecule has 1 atom stereocenters. The number of fused-ring (bicyclic) bond motifs is 5. The normalized spacial score (nSPS) is 12.4. The van der Waals surface area contributed by atoms with Crippen molar-refractivity contribution in [3.63, 3.8) is 0 Å². The first-order valence-electron chi connectivity index (χ1n) is 20.3. The fourth-order valence-electron chi connectivity index (χ4n) is 8.07. The first kappa shape index (κ1) is 41.2. The Balaban J connectivity index is 1.63. The molecule has 0 radical (unpaired) electrons. The maximum Gasteiger partial charge on any atom is 0.332 e. The summed E-state index contributed by atoms with van der Waals surface area (Å²) in [7, 11) is 1.63. The van der Waals surface area contributed by atoms with Crippen molar-refractivity contribution in [2.45, 2.75) is 87.1 Å². The van der Waals surface area contributed by atoms with E-state index in [0.717, 1.165) is 92.6 Å². The summed E-state index contributed by atoms with van der Waals surface area (Å²) < 4.78 is 19.9. The van der Waals surface area contributed by atoms with Crippen LogP contribution in [-0.2, 0) is 20.9 Å². The van der Waals surface area contributed by atoms with Gasteiger partial charge in [-0.2, -0.15) is 0 Å². The molecule has 0 spiro atoms. The predicted octanol–water partition coefficient (Wildman–Crippen LogP) is 11.4. The highest BCUT2D eigenvalue weighted by molar-refractivity contribution is 6.27. The molecule has 6 rings (SSSR count). The number of benzene rings is 5. The summed E-state index contributed by atoms with van der Waals surface area (Å²) in [5.41, 5.74) is 8.49. The van der Waals surface area contributed by atoms with Crippen molar-refractivity contribution in [1.29, 1.82) is 0 Å². The number of aryl methyl sites for hydroxylation is 3. The molecular weight excluding hydrogens is 713 g/mol. The summed E-state index contributed by atoms with van der Waals surface area (Å²) in [6.45, 7) is 16.2. The van der Waals surface area contributed by atoms with Crippen LogP contribution in [0.5, 0.6) is 11.5 Å². The second kappa shape index (κ2) is 18.6. The predicted molar refractivity (Wildman–Crippen MR) is 231 cm³/mol. The van der Waals surface area contributed by atoms with E-state index in [1.165, 1.54) is 13.3 Å². The molecule has 0 saturated carbocycles. The van der Waals surface area contributed by atoms with Gasteiger partial charge in [-0.05, 0) is 86.4 Å². The van der Waals surface area contributed by atoms with E-state index < -0.39 is 5.97 Å². The average Bonchev–Trinajstić information content (AvgIpc) is 3.50. The lowest BCUT2D eigenvalue weighted by Crippen LogP contribution is -2.11. The number of carbonyl (C=O) groups is 2. The van der Waals surface area contributed by atoms with Crippen LogP contribution in [0.1, 0.15) is 104 Å². The van der Waals surface area contributed by atoms with Crippen molar-refractivity contribution in [3.05, 3.63) is 118 Å². The number of carbonyl (C=O) groups excluding carboxylic acids is 2. The van der Waals surface area contributed by atoms with Crippen LogP contribution < -0.4 is 9.47 Å². The lowest BCUT2D eigenvalue weighted by molar-refractivity contribution is -0.140. The summed E-state index contributed by atoms with van der Waals surface area (Å²) in [6.07, 6.45) is 5.31. The first-order valence-corrected chi connectivity index (χ1v) is 20.3. The number of hydrogen-bond donors (Lipinski definition) is 0. The molecule has 0 bridgehead atoms. The summed E-state index contributed by atoms with van der Waals surface area (Å²) in [5, 5.41) is 8.39. The molecule has 8 nitrogen and oxygen atoms in total. The Labute approximate surface area is 336 Å². The van der Waals surface area contributed by atoms with Crippen molar-refractivity contribution in [3.8, 4) is 11.5 Å². The average molecular weight is 769 g/mol. The van der Waals surface area contributed by atoms with Crippen molar-refractivity contribution < 1.29 is 28.6 Å². The molecule has 5 aromatic carbocycles. The number of aromatic nitrogens is 1. The van der Waals surface area contributed by atoms with Gasteiger partial charge in [0, 0.05) is 70.6 Å². The van der Waals surface area contributed by atoms with Gasteiger partial charge in [-0.25, -0.2) is 4.79 Å². The smallest absolute Gasteiger partial charge is 0.332 e. The van der Waals surface area contributed by atoms with E-state index in [9.17, 15) is 9.59 Å². The molecule has 0 amide bonds. The van der Waals surface area contributed by atoms with E-state index in [4.69, 9.17) is 19.0 Å². The molecule has 1 aromatic heterocycles. The third-order valence-electron chi connectivity index (χ3n) is 10.8. The van der Waals surface area contributed by atoms with Gasteiger partial charge in [-0.15, -0.1) is 0 Å². The molecule has 0 saturated heterocycles. The Kier molecular flexibility index (Phi) is 13.5. The van der Waals surface area contributed by atoms with Gasteiger partial charge in [0.05, 0.1) is 18.7 Å². The highest BCUT2D eigenvalue weighted by atomic mass is 16.7. The Bertz CT molecular complexity index is 2420. The van der Waals surface area contributed by atoms with E-state index in [-0.39, 0.29) is 5.78 Å². The van der Waals surface area contributed by atoms with E-state index >= 15 is 0 Å². The Morgan fingerprint density at radius 1 is 0.754 bits per heavy atom. The molecule has 0 N–H and O–H groups in total. The SMILES string of the molecule is CCCCC(CC)Cn1c2ccc(/C(=N\OC(C)=O)c3ccc(OCCOC)cc3OCCC)cc2c2cc(C(=O)c3c(C)cc(C)cc3C)c3ccccc3c21. The monoisotopic (exact) mass is 768 g/mol. The topological polar surface area (TPSA) is 88.4 Å². The third kappa shape index (κ3) is 8.92. The summed E-state index contributed by atoms with van der Waals surface area (Å²) in [6, 6.07) is 26.4. The van der Waals surface area contributed by atoms with Crippen molar-refractivity contribution in [1.82, 2.24) is 4.57 Å². The number of rotatable bonds is 18. The van der Waals surface area contributed by atoms with Crippen LogP contribution in [-0.4, -0.2) is 49.0 Å².